The minimum absolute atomic E-state index is 0.649. The Labute approximate surface area is 111 Å². The summed E-state index contributed by atoms with van der Waals surface area (Å²) in [4.78, 5) is 0. The summed E-state index contributed by atoms with van der Waals surface area (Å²) in [6.07, 6.45) is 3.92. The van der Waals surface area contributed by atoms with Crippen LogP contribution in [-0.4, -0.2) is 19.7 Å². The first kappa shape index (κ1) is 11.5. The molecule has 1 aliphatic carbocycles. The normalized spacial score (nSPS) is 23.9. The van der Waals surface area contributed by atoms with E-state index in [2.05, 4.69) is 39.4 Å². The molecule has 1 atom stereocenters. The summed E-state index contributed by atoms with van der Waals surface area (Å²) < 4.78 is 6.99. The van der Waals surface area contributed by atoms with Crippen LogP contribution >= 0.6 is 15.9 Å². The van der Waals surface area contributed by atoms with Crippen molar-refractivity contribution in [3.8, 4) is 5.75 Å². The highest BCUT2D eigenvalue weighted by molar-refractivity contribution is 9.10. The monoisotopic (exact) mass is 295 g/mol. The molecule has 17 heavy (non-hydrogen) atoms. The lowest BCUT2D eigenvalue weighted by atomic mass is 9.98. The maximum atomic E-state index is 5.86. The van der Waals surface area contributed by atoms with Gasteiger partial charge in [-0.25, -0.2) is 0 Å². The van der Waals surface area contributed by atoms with Crippen LogP contribution in [0.4, 0.5) is 0 Å². The fourth-order valence-electron chi connectivity index (χ4n) is 2.34. The minimum atomic E-state index is 0.649. The highest BCUT2D eigenvalue weighted by Crippen LogP contribution is 2.32. The van der Waals surface area contributed by atoms with Gasteiger partial charge in [-0.15, -0.1) is 0 Å². The molecule has 0 radical (unpaired) electrons. The first-order valence-corrected chi connectivity index (χ1v) is 7.24. The molecule has 1 saturated heterocycles. The van der Waals surface area contributed by atoms with Crippen molar-refractivity contribution in [3.63, 3.8) is 0 Å². The molecule has 2 nitrogen and oxygen atoms in total. The Balaban J connectivity index is 1.73. The van der Waals surface area contributed by atoms with E-state index in [9.17, 15) is 0 Å². The number of rotatable bonds is 4. The van der Waals surface area contributed by atoms with Crippen LogP contribution in [-0.2, 0) is 0 Å². The molecule has 2 aliphatic rings. The molecule has 1 aliphatic heterocycles. The third-order valence-corrected chi connectivity index (χ3v) is 4.07. The second-order valence-corrected chi connectivity index (χ2v) is 6.08. The van der Waals surface area contributed by atoms with Crippen LogP contribution in [0.1, 0.15) is 30.7 Å². The second-order valence-electron chi connectivity index (χ2n) is 5.16. The molecule has 1 saturated carbocycles. The number of nitrogens with one attached hydrogen (secondary N) is 1. The highest BCUT2D eigenvalue weighted by atomic mass is 79.9. The molecule has 3 heteroatoms. The summed E-state index contributed by atoms with van der Waals surface area (Å²) in [5, 5.41) is 3.41. The Morgan fingerprint density at radius 1 is 1.24 bits per heavy atom. The number of halogens is 1. The van der Waals surface area contributed by atoms with E-state index in [4.69, 9.17) is 4.74 Å². The van der Waals surface area contributed by atoms with Crippen LogP contribution in [0.5, 0.6) is 5.75 Å². The van der Waals surface area contributed by atoms with E-state index in [-0.39, 0.29) is 0 Å². The van der Waals surface area contributed by atoms with Gasteiger partial charge in [-0.2, -0.15) is 0 Å². The van der Waals surface area contributed by atoms with Gasteiger partial charge in [0.25, 0.3) is 0 Å². The average molecular weight is 296 g/mol. The van der Waals surface area contributed by atoms with Crippen molar-refractivity contribution < 1.29 is 4.74 Å². The fourth-order valence-corrected chi connectivity index (χ4v) is 2.83. The van der Waals surface area contributed by atoms with Gasteiger partial charge in [0.2, 0.25) is 0 Å². The van der Waals surface area contributed by atoms with Crippen molar-refractivity contribution in [2.75, 3.05) is 19.7 Å². The minimum Gasteiger partial charge on any atom is -0.493 e. The lowest BCUT2D eigenvalue weighted by molar-refractivity contribution is 0.299. The summed E-state index contributed by atoms with van der Waals surface area (Å²) in [5.41, 5.74) is 1.40. The van der Waals surface area contributed by atoms with Crippen LogP contribution in [0.15, 0.2) is 22.7 Å². The van der Waals surface area contributed by atoms with E-state index in [1.54, 1.807) is 0 Å². The molecule has 0 bridgehead atoms. The first-order chi connectivity index (χ1) is 8.31. The molecule has 1 aromatic carbocycles. The predicted octanol–water partition coefficient (Wildman–Crippen LogP) is 3.31. The van der Waals surface area contributed by atoms with Crippen LogP contribution in [0, 0.1) is 5.92 Å². The van der Waals surface area contributed by atoms with Gasteiger partial charge in [-0.1, -0.05) is 15.9 Å². The Morgan fingerprint density at radius 3 is 2.82 bits per heavy atom. The second kappa shape index (κ2) is 4.99. The third kappa shape index (κ3) is 3.02. The largest absolute Gasteiger partial charge is 0.493 e. The summed E-state index contributed by atoms with van der Waals surface area (Å²) >= 11 is 3.58. The van der Waals surface area contributed by atoms with Crippen LogP contribution < -0.4 is 10.1 Å². The molecule has 0 aromatic heterocycles. The molecule has 0 amide bonds. The van der Waals surface area contributed by atoms with Gasteiger partial charge in [0.1, 0.15) is 5.75 Å². The van der Waals surface area contributed by atoms with Crippen molar-refractivity contribution in [2.24, 2.45) is 5.92 Å². The van der Waals surface area contributed by atoms with Gasteiger partial charge >= 0.3 is 0 Å². The third-order valence-electron chi connectivity index (χ3n) is 3.61. The molecule has 1 heterocycles. The summed E-state index contributed by atoms with van der Waals surface area (Å²) in [6, 6.07) is 6.51. The van der Waals surface area contributed by atoms with Crippen LogP contribution in [0.25, 0.3) is 0 Å². The predicted molar refractivity (Wildman–Crippen MR) is 72.6 cm³/mol. The topological polar surface area (TPSA) is 21.3 Å². The van der Waals surface area contributed by atoms with Crippen molar-refractivity contribution in [3.05, 3.63) is 28.2 Å². The standard InChI is InChI=1S/C14H18BrNO/c15-13-5-12(11-3-4-16-8-11)6-14(7-13)17-9-10-1-2-10/h5-7,10-11,16H,1-4,8-9H2. The zero-order valence-corrected chi connectivity index (χ0v) is 11.5. The van der Waals surface area contributed by atoms with E-state index in [0.717, 1.165) is 35.8 Å². The van der Waals surface area contributed by atoms with Crippen molar-refractivity contribution in [1.82, 2.24) is 5.32 Å². The van der Waals surface area contributed by atoms with Gasteiger partial charge in [0.05, 0.1) is 6.61 Å². The van der Waals surface area contributed by atoms with Gasteiger partial charge in [-0.05, 0) is 61.4 Å². The Bertz CT molecular complexity index is 397. The van der Waals surface area contributed by atoms with Gasteiger partial charge in [-0.3, -0.25) is 0 Å². The van der Waals surface area contributed by atoms with Crippen LogP contribution in [0.2, 0.25) is 0 Å². The Kier molecular flexibility index (Phi) is 3.39. The molecular weight excluding hydrogens is 278 g/mol. The molecule has 0 spiro atoms. The lowest BCUT2D eigenvalue weighted by Gasteiger charge is -2.12. The molecule has 1 unspecified atom stereocenters. The van der Waals surface area contributed by atoms with E-state index >= 15 is 0 Å². The average Bonchev–Trinajstić information content (AvgIpc) is 2.98. The number of ether oxygens (including phenoxy) is 1. The van der Waals surface area contributed by atoms with Crippen molar-refractivity contribution >= 4 is 15.9 Å². The molecule has 3 rings (SSSR count). The van der Waals surface area contributed by atoms with Crippen LogP contribution in [0.3, 0.4) is 0 Å². The Hall–Kier alpha value is -0.540. The smallest absolute Gasteiger partial charge is 0.120 e. The fraction of sp³-hybridized carbons (Fsp3) is 0.571. The van der Waals surface area contributed by atoms with E-state index < -0.39 is 0 Å². The highest BCUT2D eigenvalue weighted by Gasteiger charge is 2.22. The molecule has 1 aromatic rings. The first-order valence-electron chi connectivity index (χ1n) is 6.45. The zero-order chi connectivity index (χ0) is 11.7. The number of hydrogen-bond donors (Lipinski definition) is 1. The maximum Gasteiger partial charge on any atom is 0.120 e. The molecule has 92 valence electrons. The maximum absolute atomic E-state index is 5.86. The van der Waals surface area contributed by atoms with Gasteiger partial charge in [0, 0.05) is 11.0 Å². The molecule has 2 fully saturated rings. The lowest BCUT2D eigenvalue weighted by Crippen LogP contribution is -2.08. The van der Waals surface area contributed by atoms with E-state index in [1.165, 1.54) is 24.8 Å². The SMILES string of the molecule is Brc1cc(OCC2CC2)cc(C2CCNC2)c1. The van der Waals surface area contributed by atoms with Crippen molar-refractivity contribution in [1.29, 1.82) is 0 Å². The quantitative estimate of drug-likeness (QED) is 0.920. The molecular formula is C14H18BrNO. The summed E-state index contributed by atoms with van der Waals surface area (Å²) in [6.45, 7) is 3.12. The zero-order valence-electron chi connectivity index (χ0n) is 9.92. The van der Waals surface area contributed by atoms with Crippen molar-refractivity contribution in [2.45, 2.75) is 25.2 Å². The van der Waals surface area contributed by atoms with Gasteiger partial charge in [0.15, 0.2) is 0 Å². The number of benzene rings is 1. The van der Waals surface area contributed by atoms with E-state index in [0.29, 0.717) is 5.92 Å². The summed E-state index contributed by atoms with van der Waals surface area (Å²) in [7, 11) is 0. The van der Waals surface area contributed by atoms with E-state index in [1.807, 2.05) is 0 Å². The summed E-state index contributed by atoms with van der Waals surface area (Å²) in [5.74, 6) is 2.48. The van der Waals surface area contributed by atoms with Gasteiger partial charge < -0.3 is 10.1 Å². The Morgan fingerprint density at radius 2 is 2.12 bits per heavy atom. The molecule has 1 N–H and O–H groups in total. The number of hydrogen-bond acceptors (Lipinski definition) is 2.